The lowest BCUT2D eigenvalue weighted by molar-refractivity contribution is -0.158. The number of hydrogen-bond donors (Lipinski definition) is 1. The highest BCUT2D eigenvalue weighted by Crippen LogP contribution is 2.42. The number of carbonyl (C=O) groups excluding carboxylic acids is 2. The minimum atomic E-state index is -0.612. The van der Waals surface area contributed by atoms with Gasteiger partial charge in [-0.15, -0.1) is 0 Å². The summed E-state index contributed by atoms with van der Waals surface area (Å²) in [5.41, 5.74) is 4.63. The van der Waals surface area contributed by atoms with E-state index in [4.69, 9.17) is 11.6 Å². The lowest BCUT2D eigenvalue weighted by atomic mass is 9.86. The van der Waals surface area contributed by atoms with Crippen LogP contribution in [0.5, 0.6) is 0 Å². The summed E-state index contributed by atoms with van der Waals surface area (Å²) in [4.78, 5) is 34.2. The van der Waals surface area contributed by atoms with Crippen LogP contribution in [0.1, 0.15) is 28.4 Å². The number of nitrogens with one attached hydrogen (secondary N) is 1. The van der Waals surface area contributed by atoms with Crippen molar-refractivity contribution in [3.8, 4) is 0 Å². The SMILES string of the molecule is O=C1C2Cc3c([nH]c4ccccc34)C(c3cccc(Cl)c3)N2C(=O)CN1CCc1cccc(F)c1. The number of nitrogens with zero attached hydrogens (tertiary/aromatic N) is 2. The highest BCUT2D eigenvalue weighted by molar-refractivity contribution is 6.30. The Bertz CT molecular complexity index is 1470. The average molecular weight is 488 g/mol. The van der Waals surface area contributed by atoms with E-state index in [1.165, 1.54) is 12.1 Å². The summed E-state index contributed by atoms with van der Waals surface area (Å²) in [6.07, 6.45) is 0.928. The molecule has 0 saturated carbocycles. The van der Waals surface area contributed by atoms with Crippen molar-refractivity contribution >= 4 is 34.3 Å². The number of aromatic amines is 1. The minimum absolute atomic E-state index is 0.00270. The third kappa shape index (κ3) is 3.78. The highest BCUT2D eigenvalue weighted by atomic mass is 35.5. The van der Waals surface area contributed by atoms with E-state index in [1.54, 1.807) is 21.9 Å². The van der Waals surface area contributed by atoms with E-state index < -0.39 is 12.1 Å². The quantitative estimate of drug-likeness (QED) is 0.445. The smallest absolute Gasteiger partial charge is 0.246 e. The van der Waals surface area contributed by atoms with Gasteiger partial charge in [0.25, 0.3) is 0 Å². The summed E-state index contributed by atoms with van der Waals surface area (Å²) in [7, 11) is 0. The Morgan fingerprint density at radius 1 is 1.00 bits per heavy atom. The van der Waals surface area contributed by atoms with Gasteiger partial charge in [0.05, 0.1) is 12.6 Å². The van der Waals surface area contributed by atoms with Crippen molar-refractivity contribution < 1.29 is 14.0 Å². The van der Waals surface area contributed by atoms with Gasteiger partial charge in [0.2, 0.25) is 11.8 Å². The number of fused-ring (bicyclic) bond motifs is 4. The Balaban J connectivity index is 1.39. The second kappa shape index (κ2) is 8.54. The van der Waals surface area contributed by atoms with Crippen LogP contribution in [0, 0.1) is 5.82 Å². The molecule has 2 aliphatic rings. The number of halogens is 2. The van der Waals surface area contributed by atoms with Crippen LogP contribution in [-0.2, 0) is 22.4 Å². The largest absolute Gasteiger partial charge is 0.356 e. The van der Waals surface area contributed by atoms with Crippen molar-refractivity contribution in [3.05, 3.63) is 106 Å². The Kier molecular flexibility index (Phi) is 5.33. The molecule has 1 saturated heterocycles. The summed E-state index contributed by atoms with van der Waals surface area (Å²) in [6.45, 7) is 0.359. The first kappa shape index (κ1) is 21.9. The molecule has 35 heavy (non-hydrogen) atoms. The van der Waals surface area contributed by atoms with Crippen LogP contribution in [0.15, 0.2) is 72.8 Å². The Morgan fingerprint density at radius 2 is 1.83 bits per heavy atom. The lowest BCUT2D eigenvalue weighted by Crippen LogP contribution is -2.63. The van der Waals surface area contributed by atoms with Gasteiger partial charge in [-0.3, -0.25) is 9.59 Å². The molecule has 5 nitrogen and oxygen atoms in total. The molecule has 4 aromatic rings. The maximum atomic E-state index is 13.7. The molecular formula is C28H23ClFN3O2. The van der Waals surface area contributed by atoms with Gasteiger partial charge in [0.1, 0.15) is 11.9 Å². The maximum Gasteiger partial charge on any atom is 0.246 e. The number of benzene rings is 3. The molecule has 1 aromatic heterocycles. The van der Waals surface area contributed by atoms with Crippen molar-refractivity contribution in [1.29, 1.82) is 0 Å². The van der Waals surface area contributed by atoms with Crippen LogP contribution in [0.25, 0.3) is 10.9 Å². The van der Waals surface area contributed by atoms with Crippen LogP contribution in [0.4, 0.5) is 4.39 Å². The Morgan fingerprint density at radius 3 is 2.66 bits per heavy atom. The number of para-hydroxylation sites is 1. The first-order valence-electron chi connectivity index (χ1n) is 11.7. The fourth-order valence-electron chi connectivity index (χ4n) is 5.49. The van der Waals surface area contributed by atoms with E-state index in [1.807, 2.05) is 48.5 Å². The number of H-pyrrole nitrogens is 1. The third-order valence-electron chi connectivity index (χ3n) is 7.07. The predicted octanol–water partition coefficient (Wildman–Crippen LogP) is 4.89. The molecule has 7 heteroatoms. The standard InChI is InChI=1S/C28H23ClFN3O2/c29-19-7-4-6-18(14-19)27-26-22(21-9-1-2-10-23(21)31-26)15-24-28(35)32(16-25(34)33(24)27)12-11-17-5-3-8-20(30)13-17/h1-10,13-14,24,27,31H,11-12,15-16H2. The molecule has 1 fully saturated rings. The molecule has 0 spiro atoms. The van der Waals surface area contributed by atoms with E-state index in [2.05, 4.69) is 4.98 Å². The third-order valence-corrected chi connectivity index (χ3v) is 7.30. The number of amides is 2. The number of aromatic nitrogens is 1. The molecule has 2 amide bonds. The van der Waals surface area contributed by atoms with Crippen LogP contribution in [-0.4, -0.2) is 45.7 Å². The van der Waals surface area contributed by atoms with Gasteiger partial charge >= 0.3 is 0 Å². The molecule has 2 aliphatic heterocycles. The van der Waals surface area contributed by atoms with Gasteiger partial charge < -0.3 is 14.8 Å². The van der Waals surface area contributed by atoms with Gasteiger partial charge in [-0.1, -0.05) is 54.1 Å². The molecule has 3 heterocycles. The number of piperazine rings is 1. The zero-order chi connectivity index (χ0) is 24.1. The summed E-state index contributed by atoms with van der Waals surface area (Å²) in [6, 6.07) is 20.8. The summed E-state index contributed by atoms with van der Waals surface area (Å²) in [5.74, 6) is -0.495. The monoisotopic (exact) mass is 487 g/mol. The second-order valence-corrected chi connectivity index (χ2v) is 9.62. The zero-order valence-corrected chi connectivity index (χ0v) is 19.6. The maximum absolute atomic E-state index is 13.7. The molecule has 176 valence electrons. The number of carbonyl (C=O) groups is 2. The molecule has 0 radical (unpaired) electrons. The Labute approximate surface area is 207 Å². The van der Waals surface area contributed by atoms with Crippen LogP contribution < -0.4 is 0 Å². The lowest BCUT2D eigenvalue weighted by Gasteiger charge is -2.47. The van der Waals surface area contributed by atoms with Crippen LogP contribution >= 0.6 is 11.6 Å². The topological polar surface area (TPSA) is 56.4 Å². The van der Waals surface area contributed by atoms with Gasteiger partial charge in [0, 0.05) is 34.6 Å². The van der Waals surface area contributed by atoms with Crippen molar-refractivity contribution in [1.82, 2.24) is 14.8 Å². The van der Waals surface area contributed by atoms with Gasteiger partial charge in [-0.2, -0.15) is 0 Å². The first-order chi connectivity index (χ1) is 17.0. The van der Waals surface area contributed by atoms with E-state index in [-0.39, 0.29) is 24.2 Å². The molecular weight excluding hydrogens is 465 g/mol. The molecule has 6 rings (SSSR count). The Hall–Kier alpha value is -3.64. The summed E-state index contributed by atoms with van der Waals surface area (Å²) >= 11 is 6.33. The molecule has 1 N–H and O–H groups in total. The molecule has 0 bridgehead atoms. The van der Waals surface area contributed by atoms with Crippen molar-refractivity contribution in [3.63, 3.8) is 0 Å². The van der Waals surface area contributed by atoms with Gasteiger partial charge in [-0.25, -0.2) is 4.39 Å². The second-order valence-electron chi connectivity index (χ2n) is 9.18. The minimum Gasteiger partial charge on any atom is -0.356 e. The van der Waals surface area contributed by atoms with E-state index in [9.17, 15) is 14.0 Å². The zero-order valence-electron chi connectivity index (χ0n) is 18.9. The average Bonchev–Trinajstić information content (AvgIpc) is 3.22. The predicted molar refractivity (Wildman–Crippen MR) is 133 cm³/mol. The summed E-state index contributed by atoms with van der Waals surface area (Å²) < 4.78 is 13.6. The normalized spacial score (nSPS) is 19.7. The van der Waals surface area contributed by atoms with Gasteiger partial charge in [-0.05, 0) is 53.4 Å². The molecule has 0 aliphatic carbocycles. The molecule has 2 atom stereocenters. The fraction of sp³-hybridized carbons (Fsp3) is 0.214. The summed E-state index contributed by atoms with van der Waals surface area (Å²) in [5, 5.41) is 1.64. The number of rotatable bonds is 4. The van der Waals surface area contributed by atoms with Crippen LogP contribution in [0.2, 0.25) is 5.02 Å². The van der Waals surface area contributed by atoms with E-state index in [0.29, 0.717) is 24.4 Å². The van der Waals surface area contributed by atoms with Crippen LogP contribution in [0.3, 0.4) is 0 Å². The van der Waals surface area contributed by atoms with Gasteiger partial charge in [0.15, 0.2) is 0 Å². The van der Waals surface area contributed by atoms with Crippen molar-refractivity contribution in [2.75, 3.05) is 13.1 Å². The van der Waals surface area contributed by atoms with E-state index in [0.717, 1.165) is 33.3 Å². The van der Waals surface area contributed by atoms with E-state index >= 15 is 0 Å². The molecule has 2 unspecified atom stereocenters. The fourth-order valence-corrected chi connectivity index (χ4v) is 5.69. The molecule has 3 aromatic carbocycles. The highest BCUT2D eigenvalue weighted by Gasteiger charge is 2.48. The number of hydrogen-bond acceptors (Lipinski definition) is 2. The first-order valence-corrected chi connectivity index (χ1v) is 12.1. The van der Waals surface area contributed by atoms with Crippen molar-refractivity contribution in [2.24, 2.45) is 0 Å². The van der Waals surface area contributed by atoms with Crippen molar-refractivity contribution in [2.45, 2.75) is 24.9 Å².